The first kappa shape index (κ1) is 15.1. The molecule has 2 atom stereocenters. The van der Waals surface area contributed by atoms with E-state index in [1.54, 1.807) is 5.57 Å². The first-order valence-electron chi connectivity index (χ1n) is 8.58. The molecule has 0 aromatic carbocycles. The van der Waals surface area contributed by atoms with E-state index in [1.807, 2.05) is 0 Å². The molecule has 0 spiro atoms. The molecule has 1 nitrogen and oxygen atoms in total. The third kappa shape index (κ3) is 4.95. The van der Waals surface area contributed by atoms with E-state index in [0.717, 1.165) is 23.8 Å². The lowest BCUT2D eigenvalue weighted by molar-refractivity contribution is 0.262. The topological polar surface area (TPSA) is 12.0 Å². The van der Waals surface area contributed by atoms with Crippen molar-refractivity contribution in [1.82, 2.24) is 5.32 Å². The van der Waals surface area contributed by atoms with Crippen LogP contribution in [0.4, 0.5) is 0 Å². The van der Waals surface area contributed by atoms with Gasteiger partial charge in [-0.25, -0.2) is 0 Å². The molecular weight excluding hydrogens is 230 g/mol. The second-order valence-corrected chi connectivity index (χ2v) is 7.21. The van der Waals surface area contributed by atoms with Crippen LogP contribution >= 0.6 is 0 Å². The van der Waals surface area contributed by atoms with Crippen molar-refractivity contribution in [1.29, 1.82) is 0 Å². The predicted octanol–water partition coefficient (Wildman–Crippen LogP) is 4.93. The van der Waals surface area contributed by atoms with Gasteiger partial charge in [0, 0.05) is 6.04 Å². The number of allylic oxidation sites excluding steroid dienone is 2. The van der Waals surface area contributed by atoms with Crippen LogP contribution in [0.15, 0.2) is 11.6 Å². The highest BCUT2D eigenvalue weighted by molar-refractivity contribution is 5.06. The Bertz CT molecular complexity index is 286. The smallest absolute Gasteiger partial charge is 0.00673 e. The monoisotopic (exact) mass is 263 g/mol. The van der Waals surface area contributed by atoms with Gasteiger partial charge in [-0.15, -0.1) is 0 Å². The van der Waals surface area contributed by atoms with Gasteiger partial charge in [-0.3, -0.25) is 0 Å². The number of rotatable bonds is 5. The van der Waals surface area contributed by atoms with Crippen molar-refractivity contribution in [2.45, 2.75) is 78.2 Å². The van der Waals surface area contributed by atoms with Gasteiger partial charge in [0.1, 0.15) is 0 Å². The normalized spacial score (nSPS) is 36.1. The highest BCUT2D eigenvalue weighted by atomic mass is 14.9. The lowest BCUT2D eigenvalue weighted by Crippen LogP contribution is -2.37. The number of hydrogen-bond donors (Lipinski definition) is 1. The van der Waals surface area contributed by atoms with Gasteiger partial charge in [0.05, 0.1) is 0 Å². The average molecular weight is 263 g/mol. The third-order valence-electron chi connectivity index (χ3n) is 5.12. The van der Waals surface area contributed by atoms with Crippen LogP contribution in [0, 0.1) is 17.8 Å². The van der Waals surface area contributed by atoms with Crippen molar-refractivity contribution in [3.05, 3.63) is 11.6 Å². The van der Waals surface area contributed by atoms with Gasteiger partial charge in [-0.2, -0.15) is 0 Å². The second kappa shape index (κ2) is 7.47. The summed E-state index contributed by atoms with van der Waals surface area (Å²) in [6, 6.07) is 0.814. The summed E-state index contributed by atoms with van der Waals surface area (Å²) in [5.41, 5.74) is 1.61. The lowest BCUT2D eigenvalue weighted by atomic mass is 9.82. The molecular formula is C18H33N. The summed E-state index contributed by atoms with van der Waals surface area (Å²) in [6.45, 7) is 8.24. The zero-order chi connectivity index (χ0) is 13.7. The predicted molar refractivity (Wildman–Crippen MR) is 84.3 cm³/mol. The molecule has 2 aliphatic rings. The summed E-state index contributed by atoms with van der Waals surface area (Å²) >= 11 is 0. The Morgan fingerprint density at radius 2 is 1.89 bits per heavy atom. The molecule has 0 bridgehead atoms. The summed E-state index contributed by atoms with van der Waals surface area (Å²) in [6.07, 6.45) is 13.8. The lowest BCUT2D eigenvalue weighted by Gasteiger charge is -2.32. The Morgan fingerprint density at radius 3 is 2.53 bits per heavy atom. The molecule has 0 amide bonds. The fraction of sp³-hybridized carbons (Fsp3) is 0.889. The highest BCUT2D eigenvalue weighted by Gasteiger charge is 2.22. The highest BCUT2D eigenvalue weighted by Crippen LogP contribution is 2.30. The fourth-order valence-electron chi connectivity index (χ4n) is 4.24. The van der Waals surface area contributed by atoms with Crippen LogP contribution in [0.1, 0.15) is 72.1 Å². The van der Waals surface area contributed by atoms with Gasteiger partial charge in [0.2, 0.25) is 0 Å². The SMILES string of the molecule is CCCC1CCC(NCC2CC(C)=CC(C)C2)CC1. The Morgan fingerprint density at radius 1 is 1.16 bits per heavy atom. The Labute approximate surface area is 120 Å². The summed E-state index contributed by atoms with van der Waals surface area (Å²) in [4.78, 5) is 0. The molecule has 1 fully saturated rings. The fourth-order valence-corrected chi connectivity index (χ4v) is 4.24. The van der Waals surface area contributed by atoms with E-state index in [4.69, 9.17) is 0 Å². The van der Waals surface area contributed by atoms with Crippen LogP contribution in [-0.4, -0.2) is 12.6 Å². The van der Waals surface area contributed by atoms with E-state index in [-0.39, 0.29) is 0 Å². The summed E-state index contributed by atoms with van der Waals surface area (Å²) in [7, 11) is 0. The zero-order valence-corrected chi connectivity index (χ0v) is 13.3. The quantitative estimate of drug-likeness (QED) is 0.694. The van der Waals surface area contributed by atoms with Gasteiger partial charge in [0.15, 0.2) is 0 Å². The van der Waals surface area contributed by atoms with Crippen molar-refractivity contribution in [2.75, 3.05) is 6.54 Å². The second-order valence-electron chi connectivity index (χ2n) is 7.21. The largest absolute Gasteiger partial charge is 0.314 e. The summed E-state index contributed by atoms with van der Waals surface area (Å²) < 4.78 is 0. The Kier molecular flexibility index (Phi) is 5.94. The standard InChI is InChI=1S/C18H33N/c1-4-5-16-6-8-18(9-7-16)19-13-17-11-14(2)10-15(3)12-17/h10,14,16-19H,4-9,11-13H2,1-3H3. The van der Waals surface area contributed by atoms with Crippen molar-refractivity contribution < 1.29 is 0 Å². The molecule has 0 radical (unpaired) electrons. The minimum Gasteiger partial charge on any atom is -0.314 e. The van der Waals surface area contributed by atoms with Crippen molar-refractivity contribution in [3.63, 3.8) is 0 Å². The molecule has 0 aliphatic heterocycles. The van der Waals surface area contributed by atoms with Gasteiger partial charge in [-0.1, -0.05) is 38.3 Å². The Hall–Kier alpha value is -0.300. The van der Waals surface area contributed by atoms with Crippen LogP contribution in [0.3, 0.4) is 0 Å². The minimum absolute atomic E-state index is 0.792. The van der Waals surface area contributed by atoms with E-state index < -0.39 is 0 Å². The average Bonchev–Trinajstić information content (AvgIpc) is 2.37. The maximum Gasteiger partial charge on any atom is 0.00673 e. The molecule has 19 heavy (non-hydrogen) atoms. The van der Waals surface area contributed by atoms with Gasteiger partial charge < -0.3 is 5.32 Å². The van der Waals surface area contributed by atoms with Gasteiger partial charge in [-0.05, 0) is 69.7 Å². The first-order valence-corrected chi connectivity index (χ1v) is 8.58. The van der Waals surface area contributed by atoms with E-state index in [0.29, 0.717) is 0 Å². The molecule has 2 aliphatic carbocycles. The molecule has 0 saturated heterocycles. The molecule has 2 unspecified atom stereocenters. The summed E-state index contributed by atoms with van der Waals surface area (Å²) in [5, 5.41) is 3.87. The summed E-state index contributed by atoms with van der Waals surface area (Å²) in [5.74, 6) is 2.71. The molecule has 0 heterocycles. The van der Waals surface area contributed by atoms with E-state index in [2.05, 4.69) is 32.2 Å². The third-order valence-corrected chi connectivity index (χ3v) is 5.12. The molecule has 0 aromatic heterocycles. The number of hydrogen-bond acceptors (Lipinski definition) is 1. The number of nitrogens with one attached hydrogen (secondary N) is 1. The van der Waals surface area contributed by atoms with Crippen LogP contribution in [0.5, 0.6) is 0 Å². The van der Waals surface area contributed by atoms with E-state index in [1.165, 1.54) is 57.9 Å². The molecule has 1 heteroatoms. The van der Waals surface area contributed by atoms with Crippen LogP contribution < -0.4 is 5.32 Å². The zero-order valence-electron chi connectivity index (χ0n) is 13.3. The first-order chi connectivity index (χ1) is 9.17. The molecule has 110 valence electrons. The van der Waals surface area contributed by atoms with Crippen molar-refractivity contribution >= 4 is 0 Å². The van der Waals surface area contributed by atoms with Gasteiger partial charge >= 0.3 is 0 Å². The molecule has 2 rings (SSSR count). The van der Waals surface area contributed by atoms with E-state index >= 15 is 0 Å². The molecule has 1 N–H and O–H groups in total. The van der Waals surface area contributed by atoms with Crippen LogP contribution in [0.2, 0.25) is 0 Å². The molecule has 1 saturated carbocycles. The van der Waals surface area contributed by atoms with E-state index in [9.17, 15) is 0 Å². The maximum absolute atomic E-state index is 3.87. The van der Waals surface area contributed by atoms with Crippen LogP contribution in [-0.2, 0) is 0 Å². The Balaban J connectivity index is 1.65. The van der Waals surface area contributed by atoms with Gasteiger partial charge in [0.25, 0.3) is 0 Å². The van der Waals surface area contributed by atoms with Crippen LogP contribution in [0.25, 0.3) is 0 Å². The maximum atomic E-state index is 3.87. The minimum atomic E-state index is 0.792. The van der Waals surface area contributed by atoms with Crippen molar-refractivity contribution in [3.8, 4) is 0 Å². The van der Waals surface area contributed by atoms with Crippen molar-refractivity contribution in [2.24, 2.45) is 17.8 Å². The molecule has 0 aromatic rings.